The van der Waals surface area contributed by atoms with E-state index in [1.54, 1.807) is 0 Å². The summed E-state index contributed by atoms with van der Waals surface area (Å²) in [6.45, 7) is 3.39. The highest BCUT2D eigenvalue weighted by molar-refractivity contribution is 7.99. The zero-order valence-corrected chi connectivity index (χ0v) is 11.4. The van der Waals surface area contributed by atoms with E-state index in [9.17, 15) is 0 Å². The van der Waals surface area contributed by atoms with Crippen molar-refractivity contribution in [1.82, 2.24) is 14.8 Å². The molecule has 2 aliphatic heterocycles. The summed E-state index contributed by atoms with van der Waals surface area (Å²) >= 11 is 2.12. The first kappa shape index (κ1) is 11.6. The molecule has 0 bridgehead atoms. The topological polar surface area (TPSA) is 30.7 Å². The van der Waals surface area contributed by atoms with Crippen LogP contribution in [0.3, 0.4) is 0 Å². The van der Waals surface area contributed by atoms with Crippen LogP contribution < -0.4 is 0 Å². The maximum atomic E-state index is 4.73. The highest BCUT2D eigenvalue weighted by Crippen LogP contribution is 2.27. The molecule has 94 valence electrons. The minimum Gasteiger partial charge on any atom is -0.250 e. The van der Waals surface area contributed by atoms with Crippen LogP contribution >= 0.6 is 11.8 Å². The lowest BCUT2D eigenvalue weighted by Gasteiger charge is -2.19. The third-order valence-electron chi connectivity index (χ3n) is 3.84. The van der Waals surface area contributed by atoms with Crippen LogP contribution in [0.25, 0.3) is 0 Å². The molecule has 2 aliphatic rings. The van der Waals surface area contributed by atoms with E-state index in [1.165, 1.54) is 37.3 Å². The van der Waals surface area contributed by atoms with Crippen molar-refractivity contribution in [2.45, 2.75) is 57.2 Å². The summed E-state index contributed by atoms with van der Waals surface area (Å²) in [5.41, 5.74) is 0. The fraction of sp³-hybridized carbons (Fsp3) is 0.846. The van der Waals surface area contributed by atoms with Crippen molar-refractivity contribution in [2.75, 3.05) is 5.75 Å². The Morgan fingerprint density at radius 3 is 3.12 bits per heavy atom. The van der Waals surface area contributed by atoms with Gasteiger partial charge in [0.2, 0.25) is 0 Å². The normalized spacial score (nSPS) is 29.0. The molecule has 3 heterocycles. The van der Waals surface area contributed by atoms with E-state index in [2.05, 4.69) is 28.5 Å². The average molecular weight is 251 g/mol. The average Bonchev–Trinajstić information content (AvgIpc) is 2.71. The second-order valence-corrected chi connectivity index (χ2v) is 6.87. The van der Waals surface area contributed by atoms with E-state index < -0.39 is 0 Å². The predicted molar refractivity (Wildman–Crippen MR) is 71.3 cm³/mol. The summed E-state index contributed by atoms with van der Waals surface area (Å²) in [7, 11) is 0. The van der Waals surface area contributed by atoms with Gasteiger partial charge >= 0.3 is 0 Å². The zero-order chi connectivity index (χ0) is 11.7. The van der Waals surface area contributed by atoms with E-state index in [-0.39, 0.29) is 0 Å². The van der Waals surface area contributed by atoms with Crippen molar-refractivity contribution in [3.8, 4) is 0 Å². The number of nitrogens with zero attached hydrogens (tertiary/aromatic N) is 3. The Morgan fingerprint density at radius 1 is 1.35 bits per heavy atom. The Morgan fingerprint density at radius 2 is 2.29 bits per heavy atom. The largest absolute Gasteiger partial charge is 0.250 e. The summed E-state index contributed by atoms with van der Waals surface area (Å²) in [5.74, 6) is 4.42. The summed E-state index contributed by atoms with van der Waals surface area (Å²) < 4.78 is 2.14. The van der Waals surface area contributed by atoms with Crippen LogP contribution in [0, 0.1) is 5.92 Å². The molecule has 1 aromatic heterocycles. The van der Waals surface area contributed by atoms with Crippen molar-refractivity contribution in [3.05, 3.63) is 11.6 Å². The molecule has 0 N–H and O–H groups in total. The third-order valence-corrected chi connectivity index (χ3v) is 5.24. The number of aryl methyl sites for hydroxylation is 1. The van der Waals surface area contributed by atoms with Gasteiger partial charge in [0.25, 0.3) is 0 Å². The van der Waals surface area contributed by atoms with E-state index in [4.69, 9.17) is 4.98 Å². The summed E-state index contributed by atoms with van der Waals surface area (Å²) in [6, 6.07) is 0. The quantitative estimate of drug-likeness (QED) is 0.809. The van der Waals surface area contributed by atoms with Gasteiger partial charge in [-0.1, -0.05) is 13.3 Å². The van der Waals surface area contributed by atoms with Crippen molar-refractivity contribution < 1.29 is 0 Å². The molecule has 0 amide bonds. The molecule has 2 unspecified atom stereocenters. The van der Waals surface area contributed by atoms with Gasteiger partial charge in [-0.3, -0.25) is 0 Å². The van der Waals surface area contributed by atoms with Crippen molar-refractivity contribution in [1.29, 1.82) is 0 Å². The number of fused-ring (bicyclic) bond motifs is 1. The van der Waals surface area contributed by atoms with Gasteiger partial charge in [0.05, 0.1) is 0 Å². The van der Waals surface area contributed by atoms with Gasteiger partial charge < -0.3 is 0 Å². The Hall–Kier alpha value is -0.510. The van der Waals surface area contributed by atoms with Gasteiger partial charge in [-0.05, 0) is 30.9 Å². The molecule has 1 aromatic rings. The van der Waals surface area contributed by atoms with Gasteiger partial charge in [0, 0.05) is 24.6 Å². The molecule has 0 radical (unpaired) electrons. The molecular formula is C13H21N3S. The number of thioether (sulfide) groups is 1. The van der Waals surface area contributed by atoms with Crippen molar-refractivity contribution in [3.63, 3.8) is 0 Å². The maximum absolute atomic E-state index is 4.73. The van der Waals surface area contributed by atoms with Crippen molar-refractivity contribution in [2.24, 2.45) is 5.92 Å². The van der Waals surface area contributed by atoms with Gasteiger partial charge in [-0.25, -0.2) is 9.67 Å². The molecule has 1 saturated heterocycles. The fourth-order valence-electron chi connectivity index (χ4n) is 2.77. The van der Waals surface area contributed by atoms with Crippen LogP contribution in [0.4, 0.5) is 0 Å². The lowest BCUT2D eigenvalue weighted by molar-refractivity contribution is 0.385. The van der Waals surface area contributed by atoms with Crippen LogP contribution in [0.15, 0.2) is 0 Å². The first-order valence-corrected chi connectivity index (χ1v) is 7.90. The van der Waals surface area contributed by atoms with Crippen LogP contribution in [-0.2, 0) is 19.4 Å². The summed E-state index contributed by atoms with van der Waals surface area (Å²) in [6.07, 6.45) is 7.59. The summed E-state index contributed by atoms with van der Waals surface area (Å²) in [5, 5.41) is 5.44. The molecule has 1 fully saturated rings. The minimum absolute atomic E-state index is 0.769. The second-order valence-electron chi connectivity index (χ2n) is 5.46. The first-order valence-electron chi connectivity index (χ1n) is 6.85. The van der Waals surface area contributed by atoms with Crippen LogP contribution in [0.2, 0.25) is 0 Å². The smallest absolute Gasteiger partial charge is 0.152 e. The van der Waals surface area contributed by atoms with Gasteiger partial charge in [0.15, 0.2) is 5.82 Å². The Labute approximate surface area is 107 Å². The lowest BCUT2D eigenvalue weighted by atomic mass is 10.0. The molecule has 17 heavy (non-hydrogen) atoms. The standard InChI is InChI=1S/C13H21N3S/c1-10-5-6-16-13(8-10)14-12(15-16)9-11-4-2-3-7-17-11/h10-11H,2-9H2,1H3. The number of aromatic nitrogens is 3. The van der Waals surface area contributed by atoms with Gasteiger partial charge in [-0.2, -0.15) is 16.9 Å². The highest BCUT2D eigenvalue weighted by Gasteiger charge is 2.21. The van der Waals surface area contributed by atoms with Crippen LogP contribution in [0.1, 0.15) is 44.3 Å². The molecule has 0 spiro atoms. The zero-order valence-electron chi connectivity index (χ0n) is 10.6. The highest BCUT2D eigenvalue weighted by atomic mass is 32.2. The Bertz CT molecular complexity index is 382. The molecule has 3 nitrogen and oxygen atoms in total. The summed E-state index contributed by atoms with van der Waals surface area (Å²) in [4.78, 5) is 4.73. The first-order chi connectivity index (χ1) is 8.31. The Kier molecular flexibility index (Phi) is 3.41. The molecule has 3 rings (SSSR count). The monoisotopic (exact) mass is 251 g/mol. The van der Waals surface area contributed by atoms with E-state index in [0.717, 1.165) is 36.4 Å². The number of rotatable bonds is 2. The molecule has 0 aliphatic carbocycles. The molecule has 0 saturated carbocycles. The maximum Gasteiger partial charge on any atom is 0.152 e. The van der Waals surface area contributed by atoms with Gasteiger partial charge in [-0.15, -0.1) is 0 Å². The van der Waals surface area contributed by atoms with Gasteiger partial charge in [0.1, 0.15) is 5.82 Å². The Balaban J connectivity index is 1.67. The van der Waals surface area contributed by atoms with E-state index >= 15 is 0 Å². The third kappa shape index (κ3) is 2.67. The molecule has 4 heteroatoms. The molecule has 2 atom stereocenters. The fourth-order valence-corrected chi connectivity index (χ4v) is 4.08. The van der Waals surface area contributed by atoms with Crippen molar-refractivity contribution >= 4 is 11.8 Å². The predicted octanol–water partition coefficient (Wildman–Crippen LogP) is 2.69. The number of hydrogen-bond acceptors (Lipinski definition) is 3. The minimum atomic E-state index is 0.769. The SMILES string of the molecule is CC1CCn2nc(CC3CCCCS3)nc2C1. The lowest BCUT2D eigenvalue weighted by Crippen LogP contribution is -2.18. The van der Waals surface area contributed by atoms with Crippen LogP contribution in [-0.4, -0.2) is 25.8 Å². The van der Waals surface area contributed by atoms with E-state index in [1.807, 2.05) is 0 Å². The molecular weight excluding hydrogens is 230 g/mol. The molecule has 0 aromatic carbocycles. The van der Waals surface area contributed by atoms with Crippen LogP contribution in [0.5, 0.6) is 0 Å². The number of hydrogen-bond donors (Lipinski definition) is 0. The van der Waals surface area contributed by atoms with E-state index in [0.29, 0.717) is 0 Å². The second kappa shape index (κ2) is 5.01.